The van der Waals surface area contributed by atoms with Crippen molar-refractivity contribution in [1.29, 1.82) is 0 Å². The van der Waals surface area contributed by atoms with Crippen LogP contribution < -0.4 is 0 Å². The van der Waals surface area contributed by atoms with Gasteiger partial charge in [0.15, 0.2) is 0 Å². The Labute approximate surface area is 142 Å². The molecule has 0 aromatic carbocycles. The Morgan fingerprint density at radius 1 is 0.909 bits per heavy atom. The number of rotatable bonds is 4. The van der Waals surface area contributed by atoms with Gasteiger partial charge in [-0.2, -0.15) is 0 Å². The van der Waals surface area contributed by atoms with Crippen molar-refractivity contribution in [2.24, 2.45) is 35.5 Å². The van der Waals surface area contributed by atoms with E-state index in [2.05, 4.69) is 24.3 Å². The van der Waals surface area contributed by atoms with Crippen molar-refractivity contribution in [3.05, 3.63) is 24.3 Å². The number of allylic oxidation sites excluding steroid dienone is 4. The largest absolute Gasteiger partial charge is 0.464 e. The molecule has 0 aromatic heterocycles. The van der Waals surface area contributed by atoms with Crippen LogP contribution in [0.15, 0.2) is 24.3 Å². The van der Waals surface area contributed by atoms with E-state index in [9.17, 15) is 4.79 Å². The molecule has 0 aromatic rings. The van der Waals surface area contributed by atoms with Crippen LogP contribution in [0.5, 0.6) is 0 Å². The highest BCUT2D eigenvalue weighted by Crippen LogP contribution is 2.44. The zero-order chi connectivity index (χ0) is 15.5. The summed E-state index contributed by atoms with van der Waals surface area (Å²) < 4.78 is 5.02. The Hall–Kier alpha value is -0.470. The number of halogens is 2. The van der Waals surface area contributed by atoms with Gasteiger partial charge >= 0.3 is 5.97 Å². The molecule has 0 amide bonds. The second-order valence-electron chi connectivity index (χ2n) is 7.05. The fraction of sp³-hybridized carbons (Fsp3) is 0.722. The lowest BCUT2D eigenvalue weighted by atomic mass is 9.95. The molecule has 2 nitrogen and oxygen atoms in total. The Balaban J connectivity index is 0.000000139. The predicted molar refractivity (Wildman–Crippen MR) is 90.1 cm³/mol. The van der Waals surface area contributed by atoms with E-state index in [0.717, 1.165) is 29.6 Å². The minimum Gasteiger partial charge on any atom is -0.464 e. The van der Waals surface area contributed by atoms with Crippen molar-refractivity contribution < 1.29 is 9.53 Å². The molecule has 22 heavy (non-hydrogen) atoms. The SMILES string of the molecule is ClCC1CC2C=CC1C2.O=C(CCl)OCC1CC2C=CC1C2. The highest BCUT2D eigenvalue weighted by atomic mass is 35.5. The first-order valence-corrected chi connectivity index (χ1v) is 9.40. The molecule has 4 aliphatic rings. The summed E-state index contributed by atoms with van der Waals surface area (Å²) in [5.74, 6) is 5.00. The third-order valence-corrected chi connectivity index (χ3v) is 6.21. The van der Waals surface area contributed by atoms with E-state index >= 15 is 0 Å². The van der Waals surface area contributed by atoms with Crippen LogP contribution in [0, 0.1) is 35.5 Å². The number of carbonyl (C=O) groups is 1. The zero-order valence-corrected chi connectivity index (χ0v) is 14.3. The summed E-state index contributed by atoms with van der Waals surface area (Å²) in [5, 5.41) is 0. The van der Waals surface area contributed by atoms with Gasteiger partial charge in [-0.25, -0.2) is 0 Å². The molecule has 2 saturated carbocycles. The minimum absolute atomic E-state index is 0.0311. The van der Waals surface area contributed by atoms with E-state index in [1.165, 1.54) is 25.7 Å². The molecular formula is C18H24Cl2O2. The Morgan fingerprint density at radius 2 is 1.50 bits per heavy atom. The van der Waals surface area contributed by atoms with Crippen molar-refractivity contribution in [1.82, 2.24) is 0 Å². The van der Waals surface area contributed by atoms with Gasteiger partial charge in [0, 0.05) is 5.88 Å². The van der Waals surface area contributed by atoms with Gasteiger partial charge in [-0.05, 0) is 61.2 Å². The van der Waals surface area contributed by atoms with E-state index in [1.807, 2.05) is 0 Å². The molecule has 0 heterocycles. The van der Waals surface area contributed by atoms with Crippen molar-refractivity contribution in [3.63, 3.8) is 0 Å². The molecular weight excluding hydrogens is 319 g/mol. The maximum absolute atomic E-state index is 10.8. The van der Waals surface area contributed by atoms with Gasteiger partial charge in [-0.3, -0.25) is 4.79 Å². The van der Waals surface area contributed by atoms with Crippen LogP contribution in [0.4, 0.5) is 0 Å². The van der Waals surface area contributed by atoms with Crippen molar-refractivity contribution in [2.45, 2.75) is 25.7 Å². The first-order valence-electron chi connectivity index (χ1n) is 8.33. The molecule has 4 rings (SSSR count). The smallest absolute Gasteiger partial charge is 0.320 e. The van der Waals surface area contributed by atoms with E-state index in [4.69, 9.17) is 27.9 Å². The number of ether oxygens (including phenoxy) is 1. The third kappa shape index (κ3) is 3.71. The van der Waals surface area contributed by atoms with Gasteiger partial charge in [-0.1, -0.05) is 24.3 Å². The fourth-order valence-corrected chi connectivity index (χ4v) is 4.83. The quantitative estimate of drug-likeness (QED) is 0.429. The molecule has 4 aliphatic carbocycles. The molecule has 0 radical (unpaired) electrons. The summed E-state index contributed by atoms with van der Waals surface area (Å²) >= 11 is 11.1. The maximum Gasteiger partial charge on any atom is 0.320 e. The number of hydrogen-bond donors (Lipinski definition) is 0. The highest BCUT2D eigenvalue weighted by Gasteiger charge is 2.36. The average molecular weight is 343 g/mol. The van der Waals surface area contributed by atoms with Crippen LogP contribution in [0.25, 0.3) is 0 Å². The van der Waals surface area contributed by atoms with Crippen LogP contribution in [0.2, 0.25) is 0 Å². The molecule has 122 valence electrons. The van der Waals surface area contributed by atoms with Crippen molar-refractivity contribution >= 4 is 29.2 Å². The summed E-state index contributed by atoms with van der Waals surface area (Å²) in [6, 6.07) is 0. The van der Waals surface area contributed by atoms with Gasteiger partial charge in [0.2, 0.25) is 0 Å². The molecule has 2 fully saturated rings. The molecule has 0 spiro atoms. The van der Waals surface area contributed by atoms with Gasteiger partial charge in [0.25, 0.3) is 0 Å². The lowest BCUT2D eigenvalue weighted by Crippen LogP contribution is -2.18. The summed E-state index contributed by atoms with van der Waals surface area (Å²) in [4.78, 5) is 10.8. The van der Waals surface area contributed by atoms with Crippen molar-refractivity contribution in [3.8, 4) is 0 Å². The molecule has 0 aliphatic heterocycles. The fourth-order valence-electron chi connectivity index (χ4n) is 4.40. The third-order valence-electron chi connectivity index (χ3n) is 5.60. The molecule has 0 N–H and O–H groups in total. The van der Waals surface area contributed by atoms with Gasteiger partial charge in [0.1, 0.15) is 5.88 Å². The number of alkyl halides is 2. The first kappa shape index (κ1) is 16.4. The molecule has 4 bridgehead atoms. The lowest BCUT2D eigenvalue weighted by molar-refractivity contribution is -0.142. The number of hydrogen-bond acceptors (Lipinski definition) is 2. The van der Waals surface area contributed by atoms with Gasteiger partial charge in [0.05, 0.1) is 6.61 Å². The normalized spacial score (nSPS) is 39.9. The molecule has 6 unspecified atom stereocenters. The Bertz CT molecular complexity index is 460. The molecule has 6 atom stereocenters. The van der Waals surface area contributed by atoms with E-state index < -0.39 is 0 Å². The second-order valence-corrected chi connectivity index (χ2v) is 7.63. The van der Waals surface area contributed by atoms with Crippen molar-refractivity contribution in [2.75, 3.05) is 18.4 Å². The monoisotopic (exact) mass is 342 g/mol. The number of carbonyl (C=O) groups excluding carboxylic acids is 1. The Morgan fingerprint density at radius 3 is 1.86 bits per heavy atom. The number of fused-ring (bicyclic) bond motifs is 4. The van der Waals surface area contributed by atoms with Crippen LogP contribution in [0.1, 0.15) is 25.7 Å². The predicted octanol–water partition coefficient (Wildman–Crippen LogP) is 4.42. The van der Waals surface area contributed by atoms with Crippen LogP contribution in [0.3, 0.4) is 0 Å². The molecule has 0 saturated heterocycles. The van der Waals surface area contributed by atoms with E-state index in [0.29, 0.717) is 18.4 Å². The average Bonchev–Trinajstić information content (AvgIpc) is 3.32. The van der Waals surface area contributed by atoms with Crippen LogP contribution in [-0.2, 0) is 9.53 Å². The summed E-state index contributed by atoms with van der Waals surface area (Å²) in [5.41, 5.74) is 0. The minimum atomic E-state index is -0.298. The Kier molecular flexibility index (Phi) is 5.51. The van der Waals surface area contributed by atoms with E-state index in [1.54, 1.807) is 0 Å². The van der Waals surface area contributed by atoms with Crippen LogP contribution in [-0.4, -0.2) is 24.3 Å². The van der Waals surface area contributed by atoms with Crippen LogP contribution >= 0.6 is 23.2 Å². The highest BCUT2D eigenvalue weighted by molar-refractivity contribution is 6.26. The summed E-state index contributed by atoms with van der Waals surface area (Å²) in [7, 11) is 0. The first-order chi connectivity index (χ1) is 10.7. The van der Waals surface area contributed by atoms with Gasteiger partial charge in [-0.15, -0.1) is 23.2 Å². The van der Waals surface area contributed by atoms with E-state index in [-0.39, 0.29) is 11.8 Å². The maximum atomic E-state index is 10.8. The summed E-state index contributed by atoms with van der Waals surface area (Å²) in [6.07, 6.45) is 14.4. The summed E-state index contributed by atoms with van der Waals surface area (Å²) in [6.45, 7) is 0.553. The topological polar surface area (TPSA) is 26.3 Å². The standard InChI is InChI=1S/C10H13ClO2.C8H11Cl/c11-5-10(12)13-6-9-4-7-1-2-8(9)3-7;9-5-8-4-6-1-2-7(8)3-6/h1-2,7-9H,3-6H2;1-2,6-8H,3-5H2. The lowest BCUT2D eigenvalue weighted by Gasteiger charge is -2.17. The number of esters is 1. The van der Waals surface area contributed by atoms with Gasteiger partial charge < -0.3 is 4.74 Å². The molecule has 4 heteroatoms. The second kappa shape index (κ2) is 7.40. The zero-order valence-electron chi connectivity index (χ0n) is 12.8.